The second-order valence-electron chi connectivity index (χ2n) is 10.6. The predicted octanol–water partition coefficient (Wildman–Crippen LogP) is 5.82. The number of nitrogens with zero attached hydrogens (tertiary/aromatic N) is 3. The summed E-state index contributed by atoms with van der Waals surface area (Å²) in [6, 6.07) is 5.23. The number of aromatic amines is 1. The molecule has 0 spiro atoms. The number of anilines is 1. The number of aromatic carboxylic acids is 1. The third kappa shape index (κ3) is 7.25. The summed E-state index contributed by atoms with van der Waals surface area (Å²) < 4.78 is 52.6. The number of carboxylic acid groups (broad SMARTS) is 1. The highest BCUT2D eigenvalue weighted by molar-refractivity contribution is 6.03. The molecule has 10 nitrogen and oxygen atoms in total. The van der Waals surface area contributed by atoms with E-state index in [1.807, 2.05) is 0 Å². The quantitative estimate of drug-likeness (QED) is 0.319. The van der Waals surface area contributed by atoms with E-state index in [0.717, 1.165) is 43.6 Å². The molecule has 0 atom stereocenters. The molecule has 0 aliphatic heterocycles. The zero-order valence-electron chi connectivity index (χ0n) is 23.3. The van der Waals surface area contributed by atoms with Gasteiger partial charge in [0, 0.05) is 23.7 Å². The van der Waals surface area contributed by atoms with Crippen LogP contribution >= 0.6 is 0 Å². The van der Waals surface area contributed by atoms with Crippen molar-refractivity contribution in [3.63, 3.8) is 0 Å². The van der Waals surface area contributed by atoms with Gasteiger partial charge in [-0.05, 0) is 69.7 Å². The van der Waals surface area contributed by atoms with Crippen LogP contribution in [-0.2, 0) is 17.6 Å². The van der Waals surface area contributed by atoms with Crippen molar-refractivity contribution in [3.05, 3.63) is 69.9 Å². The lowest BCUT2D eigenvalue weighted by molar-refractivity contribution is -0.139. The minimum atomic E-state index is -4.87. The van der Waals surface area contributed by atoms with Gasteiger partial charge in [-0.2, -0.15) is 13.2 Å². The molecule has 0 radical (unpaired) electrons. The average Bonchev–Trinajstić information content (AvgIpc) is 2.92. The Morgan fingerprint density at radius 2 is 1.83 bits per heavy atom. The molecule has 0 bridgehead atoms. The molecule has 2 N–H and O–H groups in total. The topological polar surface area (TPSA) is 135 Å². The molecule has 42 heavy (non-hydrogen) atoms. The van der Waals surface area contributed by atoms with E-state index < -0.39 is 29.1 Å². The molecule has 3 aromatic rings. The zero-order chi connectivity index (χ0) is 30.6. The summed E-state index contributed by atoms with van der Waals surface area (Å²) in [5, 5.41) is 9.97. The first-order valence-electron chi connectivity index (χ1n) is 13.5. The largest absolute Gasteiger partial charge is 0.478 e. The molecule has 1 aliphatic carbocycles. The number of rotatable bonds is 9. The van der Waals surface area contributed by atoms with Gasteiger partial charge < -0.3 is 24.5 Å². The summed E-state index contributed by atoms with van der Waals surface area (Å²) >= 11 is 0. The van der Waals surface area contributed by atoms with Gasteiger partial charge in [-0.3, -0.25) is 9.59 Å². The standard InChI is InChI=1S/C29H31F3N4O6/c1-16(2)36(27(38)19-6-4-17(3)5-7-19)23-9-8-20(11-21(23)28(39)40)42-26-22(29(30,31)32)10-18(13-33-26)14-41-25-12-24(37)34-15-35-25/h8-13,15-17,19H,4-7,14H2,1-3H3,(H,39,40)(H,34,35,37). The van der Waals surface area contributed by atoms with Crippen LogP contribution in [0.2, 0.25) is 0 Å². The maximum Gasteiger partial charge on any atom is 0.421 e. The van der Waals surface area contributed by atoms with Gasteiger partial charge in [0.1, 0.15) is 17.9 Å². The van der Waals surface area contributed by atoms with E-state index in [9.17, 15) is 32.7 Å². The second-order valence-corrected chi connectivity index (χ2v) is 10.6. The van der Waals surface area contributed by atoms with E-state index in [1.165, 1.54) is 17.0 Å². The molecule has 1 aromatic carbocycles. The highest BCUT2D eigenvalue weighted by Gasteiger charge is 2.37. The molecule has 0 unspecified atom stereocenters. The normalized spacial score (nSPS) is 17.1. The van der Waals surface area contributed by atoms with Crippen LogP contribution in [0.5, 0.6) is 17.5 Å². The lowest BCUT2D eigenvalue weighted by Gasteiger charge is -2.34. The number of ether oxygens (including phenoxy) is 2. The van der Waals surface area contributed by atoms with E-state index in [1.54, 1.807) is 13.8 Å². The van der Waals surface area contributed by atoms with Crippen molar-refractivity contribution in [2.75, 3.05) is 4.90 Å². The number of H-pyrrole nitrogens is 1. The third-order valence-electron chi connectivity index (χ3n) is 7.04. The Hall–Kier alpha value is -4.42. The minimum absolute atomic E-state index is 0.0292. The molecular weight excluding hydrogens is 557 g/mol. The molecule has 224 valence electrons. The monoisotopic (exact) mass is 588 g/mol. The summed E-state index contributed by atoms with van der Waals surface area (Å²) in [6.07, 6.45) is 0.562. The zero-order valence-corrected chi connectivity index (χ0v) is 23.3. The first kappa shape index (κ1) is 30.5. The summed E-state index contributed by atoms with van der Waals surface area (Å²) in [6.45, 7) is 5.32. The number of carboxylic acids is 1. The number of pyridine rings is 1. The number of aromatic nitrogens is 3. The molecule has 2 heterocycles. The predicted molar refractivity (Wildman–Crippen MR) is 146 cm³/mol. The van der Waals surface area contributed by atoms with Gasteiger partial charge in [-0.1, -0.05) is 6.92 Å². The van der Waals surface area contributed by atoms with Crippen LogP contribution < -0.4 is 19.9 Å². The maximum absolute atomic E-state index is 13.9. The Morgan fingerprint density at radius 3 is 2.45 bits per heavy atom. The number of hydrogen-bond donors (Lipinski definition) is 2. The van der Waals surface area contributed by atoms with Crippen molar-refractivity contribution in [2.24, 2.45) is 11.8 Å². The van der Waals surface area contributed by atoms with E-state index in [0.29, 0.717) is 18.8 Å². The summed E-state index contributed by atoms with van der Waals surface area (Å²) in [5.41, 5.74) is -1.83. The SMILES string of the molecule is CC1CCC(C(=O)N(c2ccc(Oc3ncc(COc4cc(=O)[nH]cn4)cc3C(F)(F)F)cc2C(=O)O)C(C)C)CC1. The fraction of sp³-hybridized carbons (Fsp3) is 0.414. The van der Waals surface area contributed by atoms with Gasteiger partial charge in [0.15, 0.2) is 0 Å². The van der Waals surface area contributed by atoms with E-state index in [2.05, 4.69) is 21.9 Å². The van der Waals surface area contributed by atoms with Gasteiger partial charge in [-0.15, -0.1) is 0 Å². The lowest BCUT2D eigenvalue weighted by atomic mass is 9.82. The molecule has 2 aromatic heterocycles. The van der Waals surface area contributed by atoms with Gasteiger partial charge in [0.25, 0.3) is 5.56 Å². The van der Waals surface area contributed by atoms with E-state index in [-0.39, 0.29) is 52.9 Å². The Balaban J connectivity index is 1.61. The molecule has 0 saturated heterocycles. The number of hydrogen-bond acceptors (Lipinski definition) is 7. The number of amides is 1. The van der Waals surface area contributed by atoms with E-state index >= 15 is 0 Å². The van der Waals surface area contributed by atoms with Gasteiger partial charge in [0.2, 0.25) is 17.7 Å². The Morgan fingerprint density at radius 1 is 1.12 bits per heavy atom. The summed E-state index contributed by atoms with van der Waals surface area (Å²) in [7, 11) is 0. The third-order valence-corrected chi connectivity index (χ3v) is 7.04. The van der Waals surface area contributed by atoms with Crippen molar-refractivity contribution in [1.29, 1.82) is 0 Å². The fourth-order valence-corrected chi connectivity index (χ4v) is 4.87. The fourth-order valence-electron chi connectivity index (χ4n) is 4.87. The van der Waals surface area contributed by atoms with Crippen LogP contribution in [0.15, 0.2) is 47.7 Å². The van der Waals surface area contributed by atoms with Crippen molar-refractivity contribution < 1.29 is 37.3 Å². The lowest BCUT2D eigenvalue weighted by Crippen LogP contribution is -2.42. The second kappa shape index (κ2) is 12.6. The number of benzene rings is 1. The van der Waals surface area contributed by atoms with Crippen LogP contribution in [-0.4, -0.2) is 38.0 Å². The first-order chi connectivity index (χ1) is 19.8. The van der Waals surface area contributed by atoms with Crippen molar-refractivity contribution in [2.45, 2.75) is 65.3 Å². The Labute approximate surface area is 239 Å². The van der Waals surface area contributed by atoms with Crippen molar-refractivity contribution in [3.8, 4) is 17.5 Å². The number of halogens is 3. The highest BCUT2D eigenvalue weighted by atomic mass is 19.4. The summed E-state index contributed by atoms with van der Waals surface area (Å²) in [5.74, 6) is -2.33. The van der Waals surface area contributed by atoms with E-state index in [4.69, 9.17) is 9.47 Å². The van der Waals surface area contributed by atoms with Crippen LogP contribution in [0.25, 0.3) is 0 Å². The Bertz CT molecular complexity index is 1500. The van der Waals surface area contributed by atoms with Crippen molar-refractivity contribution in [1.82, 2.24) is 15.0 Å². The molecule has 1 fully saturated rings. The van der Waals surface area contributed by atoms with Gasteiger partial charge >= 0.3 is 12.1 Å². The highest BCUT2D eigenvalue weighted by Crippen LogP contribution is 2.39. The van der Waals surface area contributed by atoms with Gasteiger partial charge in [0.05, 0.1) is 23.6 Å². The molecule has 1 amide bonds. The number of carbonyl (C=O) groups is 2. The maximum atomic E-state index is 13.9. The number of carbonyl (C=O) groups excluding carboxylic acids is 1. The molecule has 13 heteroatoms. The summed E-state index contributed by atoms with van der Waals surface area (Å²) in [4.78, 5) is 48.4. The van der Waals surface area contributed by atoms with Crippen LogP contribution in [0.1, 0.15) is 67.9 Å². The Kier molecular flexibility index (Phi) is 9.17. The van der Waals surface area contributed by atoms with Crippen LogP contribution in [0.3, 0.4) is 0 Å². The number of nitrogens with one attached hydrogen (secondary N) is 1. The average molecular weight is 589 g/mol. The molecule has 1 saturated carbocycles. The van der Waals surface area contributed by atoms with Gasteiger partial charge in [-0.25, -0.2) is 14.8 Å². The van der Waals surface area contributed by atoms with Crippen LogP contribution in [0, 0.1) is 11.8 Å². The van der Waals surface area contributed by atoms with Crippen molar-refractivity contribution >= 4 is 17.6 Å². The molecular formula is C29H31F3N4O6. The first-order valence-corrected chi connectivity index (χ1v) is 13.5. The smallest absolute Gasteiger partial charge is 0.421 e. The molecule has 4 rings (SSSR count). The minimum Gasteiger partial charge on any atom is -0.478 e. The number of alkyl halides is 3. The molecule has 1 aliphatic rings. The van der Waals surface area contributed by atoms with Crippen LogP contribution in [0.4, 0.5) is 18.9 Å².